The molecule has 1 aromatic heterocycles. The van der Waals surface area contributed by atoms with Crippen molar-refractivity contribution >= 4 is 16.8 Å². The van der Waals surface area contributed by atoms with Crippen LogP contribution in [0.3, 0.4) is 0 Å². The summed E-state index contributed by atoms with van der Waals surface area (Å²) in [6.45, 7) is 2.13. The maximum absolute atomic E-state index is 12.5. The van der Waals surface area contributed by atoms with Crippen LogP contribution in [0.1, 0.15) is 46.3 Å². The number of H-pyrrole nitrogens is 1. The summed E-state index contributed by atoms with van der Waals surface area (Å²) in [5.74, 6) is 0.0389. The predicted molar refractivity (Wildman–Crippen MR) is 102 cm³/mol. The van der Waals surface area contributed by atoms with E-state index in [-0.39, 0.29) is 11.3 Å². The van der Waals surface area contributed by atoms with E-state index in [1.807, 2.05) is 12.1 Å². The van der Waals surface area contributed by atoms with Gasteiger partial charge in [0.05, 0.1) is 11.1 Å². The first kappa shape index (κ1) is 15.9. The molecule has 1 aliphatic rings. The van der Waals surface area contributed by atoms with Gasteiger partial charge in [0.2, 0.25) is 0 Å². The number of nitrogens with one attached hydrogen (secondary N) is 1. The highest BCUT2D eigenvalue weighted by molar-refractivity contribution is 6.06. The number of hydrogen-bond donors (Lipinski definition) is 1. The molecule has 1 fully saturated rings. The number of amides is 1. The molecular formula is C22H24N2O. The zero-order valence-electron chi connectivity index (χ0n) is 15.1. The lowest BCUT2D eigenvalue weighted by molar-refractivity contribution is 0.0829. The maximum Gasteiger partial charge on any atom is 0.255 e. The minimum Gasteiger partial charge on any atom is -0.360 e. The van der Waals surface area contributed by atoms with Crippen molar-refractivity contribution in [3.63, 3.8) is 0 Å². The van der Waals surface area contributed by atoms with Crippen LogP contribution in [0, 0.1) is 6.92 Å². The van der Waals surface area contributed by atoms with E-state index in [9.17, 15) is 4.79 Å². The van der Waals surface area contributed by atoms with Crippen LogP contribution in [-0.4, -0.2) is 29.9 Å². The van der Waals surface area contributed by atoms with Crippen LogP contribution >= 0.6 is 0 Å². The van der Waals surface area contributed by atoms with Crippen molar-refractivity contribution in [2.75, 3.05) is 14.1 Å². The lowest BCUT2D eigenvalue weighted by Gasteiger charge is -2.42. The summed E-state index contributed by atoms with van der Waals surface area (Å²) in [6, 6.07) is 15.0. The van der Waals surface area contributed by atoms with E-state index in [1.54, 1.807) is 19.0 Å². The van der Waals surface area contributed by atoms with Gasteiger partial charge in [-0.1, -0.05) is 48.4 Å². The lowest BCUT2D eigenvalue weighted by Crippen LogP contribution is -2.35. The lowest BCUT2D eigenvalue weighted by atomic mass is 9.60. The van der Waals surface area contributed by atoms with E-state index in [2.05, 4.69) is 48.4 Å². The van der Waals surface area contributed by atoms with Crippen LogP contribution in [0.4, 0.5) is 0 Å². The summed E-state index contributed by atoms with van der Waals surface area (Å²) in [5, 5.41) is 1.17. The molecule has 1 N–H and O–H groups in total. The van der Waals surface area contributed by atoms with Crippen LogP contribution in [-0.2, 0) is 5.41 Å². The average molecular weight is 332 g/mol. The zero-order valence-corrected chi connectivity index (χ0v) is 15.1. The van der Waals surface area contributed by atoms with Gasteiger partial charge in [0.1, 0.15) is 0 Å². The molecule has 0 atom stereocenters. The smallest absolute Gasteiger partial charge is 0.255 e. The normalized spacial score (nSPS) is 15.8. The molecule has 1 saturated carbocycles. The maximum atomic E-state index is 12.5. The van der Waals surface area contributed by atoms with Crippen LogP contribution in [0.2, 0.25) is 0 Å². The second-order valence-electron chi connectivity index (χ2n) is 7.43. The Morgan fingerprint density at radius 3 is 2.40 bits per heavy atom. The molecular weight excluding hydrogens is 308 g/mol. The Labute approximate surface area is 148 Å². The molecule has 1 aliphatic carbocycles. The van der Waals surface area contributed by atoms with Crippen LogP contribution in [0.25, 0.3) is 10.9 Å². The summed E-state index contributed by atoms with van der Waals surface area (Å²) >= 11 is 0. The Bertz CT molecular complexity index is 930. The van der Waals surface area contributed by atoms with Gasteiger partial charge >= 0.3 is 0 Å². The fraction of sp³-hybridized carbons (Fsp3) is 0.318. The summed E-state index contributed by atoms with van der Waals surface area (Å²) in [7, 11) is 3.59. The minimum absolute atomic E-state index is 0.0389. The molecule has 0 saturated heterocycles. The van der Waals surface area contributed by atoms with E-state index in [0.717, 1.165) is 23.9 Å². The average Bonchev–Trinajstić information content (AvgIpc) is 2.99. The highest BCUT2D eigenvalue weighted by Crippen LogP contribution is 2.51. The van der Waals surface area contributed by atoms with E-state index in [1.165, 1.54) is 28.5 Å². The number of fused-ring (bicyclic) bond motifs is 1. The van der Waals surface area contributed by atoms with Gasteiger partial charge in [-0.25, -0.2) is 0 Å². The highest BCUT2D eigenvalue weighted by Gasteiger charge is 2.42. The second-order valence-corrected chi connectivity index (χ2v) is 7.43. The third-order valence-electron chi connectivity index (χ3n) is 5.68. The van der Waals surface area contributed by atoms with Gasteiger partial charge < -0.3 is 9.88 Å². The number of rotatable bonds is 3. The van der Waals surface area contributed by atoms with Gasteiger partial charge in [-0.2, -0.15) is 0 Å². The summed E-state index contributed by atoms with van der Waals surface area (Å²) < 4.78 is 0. The minimum atomic E-state index is 0.0389. The number of benzene rings is 2. The Morgan fingerprint density at radius 1 is 1.08 bits per heavy atom. The molecule has 1 heterocycles. The molecule has 0 aliphatic heterocycles. The van der Waals surface area contributed by atoms with Crippen LogP contribution in [0.15, 0.2) is 48.7 Å². The largest absolute Gasteiger partial charge is 0.360 e. The molecule has 3 nitrogen and oxygen atoms in total. The molecule has 3 aromatic rings. The number of aryl methyl sites for hydroxylation is 1. The van der Waals surface area contributed by atoms with Gasteiger partial charge in [0.25, 0.3) is 5.91 Å². The highest BCUT2D eigenvalue weighted by atomic mass is 16.2. The molecule has 128 valence electrons. The number of para-hydroxylation sites is 1. The first-order chi connectivity index (χ1) is 12.0. The Balaban J connectivity index is 1.88. The third kappa shape index (κ3) is 2.38. The van der Waals surface area contributed by atoms with Crippen molar-refractivity contribution in [3.05, 3.63) is 70.9 Å². The number of carbonyl (C=O) groups excluding carboxylic acids is 1. The fourth-order valence-electron chi connectivity index (χ4n) is 4.09. The van der Waals surface area contributed by atoms with E-state index in [4.69, 9.17) is 0 Å². The van der Waals surface area contributed by atoms with E-state index in [0.29, 0.717) is 0 Å². The van der Waals surface area contributed by atoms with Crippen molar-refractivity contribution in [2.45, 2.75) is 31.6 Å². The first-order valence-corrected chi connectivity index (χ1v) is 8.92. The molecule has 0 radical (unpaired) electrons. The quantitative estimate of drug-likeness (QED) is 0.745. The SMILES string of the molecule is Cc1ccc(C2(c3c[nH]c4c(C(=O)N(C)C)cccc34)CCC2)cc1. The molecule has 0 unspecified atom stereocenters. The molecule has 1 amide bonds. The van der Waals surface area contributed by atoms with Gasteiger partial charge in [0, 0.05) is 31.1 Å². The standard InChI is InChI=1S/C22H24N2O/c1-15-8-10-16(11-9-15)22(12-5-13-22)19-14-23-20-17(19)6-4-7-18(20)21(25)24(2)3/h4,6-11,14,23H,5,12-13H2,1-3H3. The number of nitrogens with zero attached hydrogens (tertiary/aromatic N) is 1. The topological polar surface area (TPSA) is 36.1 Å². The fourth-order valence-corrected chi connectivity index (χ4v) is 4.09. The third-order valence-corrected chi connectivity index (χ3v) is 5.68. The number of aromatic amines is 1. The molecule has 4 rings (SSSR count). The summed E-state index contributed by atoms with van der Waals surface area (Å²) in [4.78, 5) is 17.5. The van der Waals surface area contributed by atoms with Crippen LogP contribution in [0.5, 0.6) is 0 Å². The number of carbonyl (C=O) groups is 1. The van der Waals surface area contributed by atoms with Gasteiger partial charge in [-0.15, -0.1) is 0 Å². The van der Waals surface area contributed by atoms with Crippen molar-refractivity contribution in [2.24, 2.45) is 0 Å². The molecule has 2 aromatic carbocycles. The monoisotopic (exact) mass is 332 g/mol. The summed E-state index contributed by atoms with van der Waals surface area (Å²) in [5.41, 5.74) is 5.77. The molecule has 0 bridgehead atoms. The van der Waals surface area contributed by atoms with Crippen molar-refractivity contribution in [1.82, 2.24) is 9.88 Å². The Morgan fingerprint density at radius 2 is 1.80 bits per heavy atom. The van der Waals surface area contributed by atoms with Gasteiger partial charge in [-0.3, -0.25) is 4.79 Å². The number of aromatic nitrogens is 1. The number of hydrogen-bond acceptors (Lipinski definition) is 1. The van der Waals surface area contributed by atoms with Crippen molar-refractivity contribution in [3.8, 4) is 0 Å². The first-order valence-electron chi connectivity index (χ1n) is 8.92. The summed E-state index contributed by atoms with van der Waals surface area (Å²) in [6.07, 6.45) is 5.69. The van der Waals surface area contributed by atoms with Crippen molar-refractivity contribution < 1.29 is 4.79 Å². The molecule has 25 heavy (non-hydrogen) atoms. The van der Waals surface area contributed by atoms with Crippen molar-refractivity contribution in [1.29, 1.82) is 0 Å². The Hall–Kier alpha value is -2.55. The van der Waals surface area contributed by atoms with E-state index >= 15 is 0 Å². The second kappa shape index (κ2) is 5.76. The molecule has 3 heteroatoms. The predicted octanol–water partition coefficient (Wildman–Crippen LogP) is 4.65. The molecule has 0 spiro atoms. The van der Waals surface area contributed by atoms with Crippen LogP contribution < -0.4 is 0 Å². The van der Waals surface area contributed by atoms with Gasteiger partial charge in [-0.05, 0) is 37.0 Å². The van der Waals surface area contributed by atoms with E-state index < -0.39 is 0 Å². The Kier molecular flexibility index (Phi) is 3.68. The van der Waals surface area contributed by atoms with Gasteiger partial charge in [0.15, 0.2) is 0 Å². The zero-order chi connectivity index (χ0) is 17.6.